The van der Waals surface area contributed by atoms with Crippen molar-refractivity contribution >= 4 is 39.0 Å². The number of rotatable bonds is 3. The number of anilines is 1. The van der Waals surface area contributed by atoms with Crippen LogP contribution < -0.4 is 5.32 Å². The molecular weight excluding hydrogens is 298 g/mol. The van der Waals surface area contributed by atoms with Gasteiger partial charge in [-0.2, -0.15) is 0 Å². The standard InChI is InChI=1S/C16H21N3S2/c1-20-16-18-14-5-4-11(10-15(14)21-16)17-12-6-8-19-7-2-3-13(19)9-12/h4-5,10,12-13,17H,2-3,6-9H2,1H3. The van der Waals surface area contributed by atoms with Gasteiger partial charge in [-0.05, 0) is 56.7 Å². The van der Waals surface area contributed by atoms with Crippen LogP contribution in [0, 0.1) is 0 Å². The van der Waals surface area contributed by atoms with Crippen LogP contribution in [0.25, 0.3) is 10.2 Å². The van der Waals surface area contributed by atoms with E-state index in [4.69, 9.17) is 0 Å². The normalized spacial score (nSPS) is 26.1. The van der Waals surface area contributed by atoms with Crippen LogP contribution in [0.4, 0.5) is 5.69 Å². The van der Waals surface area contributed by atoms with E-state index in [2.05, 4.69) is 39.7 Å². The van der Waals surface area contributed by atoms with E-state index in [-0.39, 0.29) is 0 Å². The molecule has 2 aliphatic rings. The number of benzene rings is 1. The average molecular weight is 319 g/mol. The quantitative estimate of drug-likeness (QED) is 0.864. The lowest BCUT2D eigenvalue weighted by molar-refractivity contribution is 0.188. The van der Waals surface area contributed by atoms with Crippen molar-refractivity contribution in [1.29, 1.82) is 0 Å². The van der Waals surface area contributed by atoms with Crippen LogP contribution in [0.3, 0.4) is 0 Å². The summed E-state index contributed by atoms with van der Waals surface area (Å²) in [5, 5.41) is 3.76. The minimum Gasteiger partial charge on any atom is -0.382 e. The maximum absolute atomic E-state index is 4.61. The molecule has 2 unspecified atom stereocenters. The van der Waals surface area contributed by atoms with E-state index in [0.29, 0.717) is 6.04 Å². The molecule has 0 spiro atoms. The fourth-order valence-electron chi connectivity index (χ4n) is 3.67. The van der Waals surface area contributed by atoms with Crippen molar-refractivity contribution in [2.24, 2.45) is 0 Å². The van der Waals surface area contributed by atoms with Crippen molar-refractivity contribution in [1.82, 2.24) is 9.88 Å². The SMILES string of the molecule is CSc1nc2ccc(NC3CCN4CCCC4C3)cc2s1. The lowest BCUT2D eigenvalue weighted by Gasteiger charge is -2.35. The summed E-state index contributed by atoms with van der Waals surface area (Å²) in [4.78, 5) is 7.29. The second-order valence-electron chi connectivity index (χ2n) is 6.06. The Labute approximate surface area is 134 Å². The number of hydrogen-bond donors (Lipinski definition) is 1. The molecule has 0 aliphatic carbocycles. The molecular formula is C16H21N3S2. The van der Waals surface area contributed by atoms with Crippen LogP contribution in [-0.4, -0.2) is 41.3 Å². The first-order valence-corrected chi connectivity index (χ1v) is 9.81. The topological polar surface area (TPSA) is 28.2 Å². The molecule has 2 aliphatic heterocycles. The van der Waals surface area contributed by atoms with Crippen LogP contribution in [0.2, 0.25) is 0 Å². The summed E-state index contributed by atoms with van der Waals surface area (Å²) >= 11 is 3.52. The van der Waals surface area contributed by atoms with Crippen molar-refractivity contribution in [3.63, 3.8) is 0 Å². The monoisotopic (exact) mass is 319 g/mol. The van der Waals surface area contributed by atoms with Gasteiger partial charge in [-0.25, -0.2) is 4.98 Å². The number of thiazole rings is 1. The van der Waals surface area contributed by atoms with Crippen LogP contribution in [0.15, 0.2) is 22.5 Å². The molecule has 1 aromatic heterocycles. The molecule has 1 aromatic carbocycles. The zero-order chi connectivity index (χ0) is 14.2. The number of aromatic nitrogens is 1. The van der Waals surface area contributed by atoms with Gasteiger partial charge in [0.1, 0.15) is 0 Å². The third-order valence-corrected chi connectivity index (χ3v) is 6.74. The van der Waals surface area contributed by atoms with E-state index >= 15 is 0 Å². The van der Waals surface area contributed by atoms with E-state index in [1.807, 2.05) is 0 Å². The van der Waals surface area contributed by atoms with Gasteiger partial charge in [0.15, 0.2) is 4.34 Å². The first-order valence-electron chi connectivity index (χ1n) is 7.77. The highest BCUT2D eigenvalue weighted by atomic mass is 32.2. The smallest absolute Gasteiger partial charge is 0.150 e. The Bertz CT molecular complexity index is 639. The van der Waals surface area contributed by atoms with E-state index < -0.39 is 0 Å². The molecule has 1 N–H and O–H groups in total. The van der Waals surface area contributed by atoms with E-state index in [1.54, 1.807) is 23.1 Å². The molecule has 2 aromatic rings. The Hall–Kier alpha value is -0.780. The molecule has 0 bridgehead atoms. The summed E-state index contributed by atoms with van der Waals surface area (Å²) in [6.45, 7) is 2.59. The predicted octanol–water partition coefficient (Wildman–Crippen LogP) is 4.06. The van der Waals surface area contributed by atoms with Gasteiger partial charge in [0, 0.05) is 24.3 Å². The lowest BCUT2D eigenvalue weighted by Crippen LogP contribution is -2.42. The van der Waals surface area contributed by atoms with Crippen molar-refractivity contribution < 1.29 is 0 Å². The number of nitrogens with one attached hydrogen (secondary N) is 1. The molecule has 4 rings (SSSR count). The van der Waals surface area contributed by atoms with Gasteiger partial charge in [-0.3, -0.25) is 0 Å². The number of fused-ring (bicyclic) bond motifs is 2. The number of nitrogens with zero attached hydrogens (tertiary/aromatic N) is 2. The fourth-order valence-corrected chi connectivity index (χ4v) is 5.20. The average Bonchev–Trinajstić information content (AvgIpc) is 3.11. The Balaban J connectivity index is 1.48. The highest BCUT2D eigenvalue weighted by Crippen LogP contribution is 2.32. The maximum Gasteiger partial charge on any atom is 0.150 e. The summed E-state index contributed by atoms with van der Waals surface area (Å²) in [5.74, 6) is 0. The lowest BCUT2D eigenvalue weighted by atomic mass is 9.97. The van der Waals surface area contributed by atoms with Crippen LogP contribution in [-0.2, 0) is 0 Å². The van der Waals surface area contributed by atoms with E-state index in [9.17, 15) is 0 Å². The Morgan fingerprint density at radius 2 is 2.29 bits per heavy atom. The maximum atomic E-state index is 4.61. The van der Waals surface area contributed by atoms with Gasteiger partial charge in [0.05, 0.1) is 10.2 Å². The van der Waals surface area contributed by atoms with E-state index in [1.165, 1.54) is 49.2 Å². The van der Waals surface area contributed by atoms with Gasteiger partial charge < -0.3 is 10.2 Å². The predicted molar refractivity (Wildman–Crippen MR) is 92.6 cm³/mol. The van der Waals surface area contributed by atoms with Gasteiger partial charge in [0.25, 0.3) is 0 Å². The molecule has 3 heterocycles. The van der Waals surface area contributed by atoms with Crippen molar-refractivity contribution in [2.75, 3.05) is 24.7 Å². The molecule has 0 amide bonds. The van der Waals surface area contributed by atoms with Crippen LogP contribution in [0.1, 0.15) is 25.7 Å². The zero-order valence-electron chi connectivity index (χ0n) is 12.3. The number of piperidine rings is 1. The second kappa shape index (κ2) is 5.78. The molecule has 2 atom stereocenters. The van der Waals surface area contributed by atoms with Crippen LogP contribution >= 0.6 is 23.1 Å². The van der Waals surface area contributed by atoms with Gasteiger partial charge in [-0.1, -0.05) is 11.8 Å². The number of hydrogen-bond acceptors (Lipinski definition) is 5. The molecule has 5 heteroatoms. The molecule has 21 heavy (non-hydrogen) atoms. The fraction of sp³-hybridized carbons (Fsp3) is 0.562. The highest BCUT2D eigenvalue weighted by Gasteiger charge is 2.31. The summed E-state index contributed by atoms with van der Waals surface area (Å²) in [5.41, 5.74) is 2.38. The summed E-state index contributed by atoms with van der Waals surface area (Å²) < 4.78 is 2.45. The Kier molecular flexibility index (Phi) is 3.81. The summed E-state index contributed by atoms with van der Waals surface area (Å²) in [7, 11) is 0. The Morgan fingerprint density at radius 3 is 3.19 bits per heavy atom. The first kappa shape index (κ1) is 13.9. The van der Waals surface area contributed by atoms with Gasteiger partial charge in [-0.15, -0.1) is 11.3 Å². The van der Waals surface area contributed by atoms with Crippen molar-refractivity contribution in [3.8, 4) is 0 Å². The Morgan fingerprint density at radius 1 is 1.33 bits per heavy atom. The minimum atomic E-state index is 0.634. The van der Waals surface area contributed by atoms with Gasteiger partial charge in [0.2, 0.25) is 0 Å². The highest BCUT2D eigenvalue weighted by molar-refractivity contribution is 8.00. The third-order valence-electron chi connectivity index (χ3n) is 4.73. The molecule has 0 saturated carbocycles. The molecule has 3 nitrogen and oxygen atoms in total. The molecule has 0 radical (unpaired) electrons. The third kappa shape index (κ3) is 2.79. The van der Waals surface area contributed by atoms with Crippen LogP contribution in [0.5, 0.6) is 0 Å². The van der Waals surface area contributed by atoms with Gasteiger partial charge >= 0.3 is 0 Å². The first-order chi connectivity index (χ1) is 10.3. The van der Waals surface area contributed by atoms with Crippen molar-refractivity contribution in [2.45, 2.75) is 42.1 Å². The van der Waals surface area contributed by atoms with Crippen molar-refractivity contribution in [3.05, 3.63) is 18.2 Å². The summed E-state index contributed by atoms with van der Waals surface area (Å²) in [6.07, 6.45) is 7.45. The molecule has 2 fully saturated rings. The van der Waals surface area contributed by atoms with E-state index in [0.717, 1.165) is 15.9 Å². The zero-order valence-corrected chi connectivity index (χ0v) is 14.0. The molecule has 112 valence electrons. The summed E-state index contributed by atoms with van der Waals surface area (Å²) in [6, 6.07) is 8.07. The minimum absolute atomic E-state index is 0.634. The second-order valence-corrected chi connectivity index (χ2v) is 8.15. The number of thioether (sulfide) groups is 1. The molecule has 2 saturated heterocycles. The largest absolute Gasteiger partial charge is 0.382 e.